The van der Waals surface area contributed by atoms with Crippen molar-refractivity contribution in [2.24, 2.45) is 5.41 Å². The van der Waals surface area contributed by atoms with Crippen LogP contribution >= 0.6 is 0 Å². The second kappa shape index (κ2) is 5.08. The molecule has 0 aromatic heterocycles. The van der Waals surface area contributed by atoms with Gasteiger partial charge in [0.15, 0.2) is 5.78 Å². The van der Waals surface area contributed by atoms with E-state index >= 15 is 0 Å². The van der Waals surface area contributed by atoms with Crippen molar-refractivity contribution in [2.75, 3.05) is 6.54 Å². The van der Waals surface area contributed by atoms with Gasteiger partial charge in [0.25, 0.3) is 5.91 Å². The minimum absolute atomic E-state index is 0.0428. The third-order valence-electron chi connectivity index (χ3n) is 2.33. The summed E-state index contributed by atoms with van der Waals surface area (Å²) in [6, 6.07) is 5.35. The molecule has 0 radical (unpaired) electrons. The third-order valence-corrected chi connectivity index (χ3v) is 2.33. The highest BCUT2D eigenvalue weighted by Crippen LogP contribution is 2.13. The van der Waals surface area contributed by atoms with Crippen molar-refractivity contribution in [2.45, 2.75) is 20.8 Å². The van der Waals surface area contributed by atoms with E-state index in [1.54, 1.807) is 20.8 Å². The molecule has 3 nitrogen and oxygen atoms in total. The van der Waals surface area contributed by atoms with E-state index in [1.165, 1.54) is 18.2 Å². The Hall–Kier alpha value is -1.71. The maximum absolute atomic E-state index is 12.9. The number of rotatable bonds is 3. The minimum Gasteiger partial charge on any atom is -0.345 e. The van der Waals surface area contributed by atoms with Crippen LogP contribution in [0, 0.1) is 11.2 Å². The maximum Gasteiger partial charge on any atom is 0.251 e. The molecule has 0 aliphatic carbocycles. The summed E-state index contributed by atoms with van der Waals surface area (Å²) in [4.78, 5) is 23.2. The molecule has 0 atom stereocenters. The van der Waals surface area contributed by atoms with Crippen LogP contribution in [0.1, 0.15) is 31.1 Å². The third kappa shape index (κ3) is 3.98. The Kier molecular flexibility index (Phi) is 3.99. The second-order valence-electron chi connectivity index (χ2n) is 4.87. The number of carbonyl (C=O) groups is 2. The maximum atomic E-state index is 12.9. The Morgan fingerprint density at radius 1 is 1.29 bits per heavy atom. The fourth-order valence-electron chi connectivity index (χ4n) is 1.16. The zero-order chi connectivity index (χ0) is 13.1. The number of carbonyl (C=O) groups excluding carboxylic acids is 2. The van der Waals surface area contributed by atoms with Gasteiger partial charge < -0.3 is 5.32 Å². The first kappa shape index (κ1) is 13.4. The van der Waals surface area contributed by atoms with Crippen LogP contribution in [0.4, 0.5) is 4.39 Å². The van der Waals surface area contributed by atoms with Crippen LogP contribution in [0.15, 0.2) is 24.3 Å². The largest absolute Gasteiger partial charge is 0.345 e. The van der Waals surface area contributed by atoms with Gasteiger partial charge in [-0.15, -0.1) is 0 Å². The van der Waals surface area contributed by atoms with Gasteiger partial charge in [-0.05, 0) is 18.2 Å². The van der Waals surface area contributed by atoms with Crippen molar-refractivity contribution in [1.29, 1.82) is 0 Å². The van der Waals surface area contributed by atoms with Gasteiger partial charge in [0.2, 0.25) is 0 Å². The van der Waals surface area contributed by atoms with Crippen LogP contribution in [0.5, 0.6) is 0 Å². The van der Waals surface area contributed by atoms with Crippen molar-refractivity contribution in [1.82, 2.24) is 5.32 Å². The first-order chi connectivity index (χ1) is 7.80. The summed E-state index contributed by atoms with van der Waals surface area (Å²) in [6.07, 6.45) is 0. The summed E-state index contributed by atoms with van der Waals surface area (Å²) in [5, 5.41) is 2.48. The number of ketones is 1. The Bertz CT molecular complexity index is 435. The van der Waals surface area contributed by atoms with Gasteiger partial charge in [0, 0.05) is 11.0 Å². The van der Waals surface area contributed by atoms with E-state index in [2.05, 4.69) is 5.32 Å². The fraction of sp³-hybridized carbons (Fsp3) is 0.385. The zero-order valence-corrected chi connectivity index (χ0v) is 10.2. The van der Waals surface area contributed by atoms with Gasteiger partial charge in [-0.3, -0.25) is 9.59 Å². The first-order valence-electron chi connectivity index (χ1n) is 5.38. The molecule has 0 fully saturated rings. The molecule has 0 unspecified atom stereocenters. The number of hydrogen-bond donors (Lipinski definition) is 1. The van der Waals surface area contributed by atoms with Crippen LogP contribution in [0.2, 0.25) is 0 Å². The zero-order valence-electron chi connectivity index (χ0n) is 10.2. The van der Waals surface area contributed by atoms with E-state index in [0.29, 0.717) is 0 Å². The normalized spacial score (nSPS) is 11.1. The van der Waals surface area contributed by atoms with E-state index in [0.717, 1.165) is 6.07 Å². The Labute approximate surface area is 100 Å². The molecule has 1 amide bonds. The highest BCUT2D eigenvalue weighted by atomic mass is 19.1. The fourth-order valence-corrected chi connectivity index (χ4v) is 1.16. The van der Waals surface area contributed by atoms with Gasteiger partial charge in [0.1, 0.15) is 5.82 Å². The van der Waals surface area contributed by atoms with E-state index in [1.807, 2.05) is 0 Å². The van der Waals surface area contributed by atoms with E-state index in [-0.39, 0.29) is 17.9 Å². The molecule has 0 saturated heterocycles. The Morgan fingerprint density at radius 3 is 2.47 bits per heavy atom. The second-order valence-corrected chi connectivity index (χ2v) is 4.87. The van der Waals surface area contributed by atoms with Crippen LogP contribution < -0.4 is 5.32 Å². The predicted molar refractivity (Wildman–Crippen MR) is 63.2 cm³/mol. The lowest BCUT2D eigenvalue weighted by molar-refractivity contribution is -0.125. The molecule has 1 aromatic rings. The van der Waals surface area contributed by atoms with Crippen molar-refractivity contribution >= 4 is 11.7 Å². The van der Waals surface area contributed by atoms with Crippen molar-refractivity contribution < 1.29 is 14.0 Å². The molecule has 0 aliphatic heterocycles. The molecule has 1 N–H and O–H groups in total. The van der Waals surface area contributed by atoms with Crippen LogP contribution in [0.3, 0.4) is 0 Å². The molecular formula is C13H16FNO2. The van der Waals surface area contributed by atoms with Crippen molar-refractivity contribution in [3.05, 3.63) is 35.6 Å². The van der Waals surface area contributed by atoms with Gasteiger partial charge >= 0.3 is 0 Å². The molecule has 0 spiro atoms. The lowest BCUT2D eigenvalue weighted by atomic mass is 9.91. The van der Waals surface area contributed by atoms with Gasteiger partial charge in [-0.2, -0.15) is 0 Å². The average Bonchev–Trinajstić information content (AvgIpc) is 2.24. The van der Waals surface area contributed by atoms with Crippen LogP contribution in [0.25, 0.3) is 0 Å². The predicted octanol–water partition coefficient (Wildman–Crippen LogP) is 2.17. The van der Waals surface area contributed by atoms with E-state index in [9.17, 15) is 14.0 Å². The molecule has 0 aliphatic rings. The van der Waals surface area contributed by atoms with Crippen LogP contribution in [-0.2, 0) is 4.79 Å². The lowest BCUT2D eigenvalue weighted by Crippen LogP contribution is -2.35. The Morgan fingerprint density at radius 2 is 1.94 bits per heavy atom. The topological polar surface area (TPSA) is 46.2 Å². The molecule has 1 aromatic carbocycles. The molecular weight excluding hydrogens is 221 g/mol. The summed E-state index contributed by atoms with van der Waals surface area (Å²) in [5.41, 5.74) is -0.276. The standard InChI is InChI=1S/C13H16FNO2/c1-13(2,3)11(16)8-15-12(17)9-5-4-6-10(14)7-9/h4-7H,8H2,1-3H3,(H,15,17). The molecule has 0 bridgehead atoms. The summed E-state index contributed by atoms with van der Waals surface area (Å²) in [6.45, 7) is 5.30. The smallest absolute Gasteiger partial charge is 0.251 e. The lowest BCUT2D eigenvalue weighted by Gasteiger charge is -2.16. The number of amides is 1. The van der Waals surface area contributed by atoms with Crippen molar-refractivity contribution in [3.63, 3.8) is 0 Å². The number of Topliss-reactive ketones (excluding diaryl/α,β-unsaturated/α-hetero) is 1. The molecule has 0 saturated carbocycles. The quantitative estimate of drug-likeness (QED) is 0.875. The summed E-state index contributed by atoms with van der Waals surface area (Å²) in [5.74, 6) is -0.982. The number of nitrogens with one attached hydrogen (secondary N) is 1. The number of hydrogen-bond acceptors (Lipinski definition) is 2. The molecule has 0 heterocycles. The van der Waals surface area contributed by atoms with Gasteiger partial charge in [0.05, 0.1) is 6.54 Å². The monoisotopic (exact) mass is 237 g/mol. The number of halogens is 1. The summed E-state index contributed by atoms with van der Waals surface area (Å²) in [7, 11) is 0. The molecule has 4 heteroatoms. The molecule has 92 valence electrons. The summed E-state index contributed by atoms with van der Waals surface area (Å²) < 4.78 is 12.9. The highest BCUT2D eigenvalue weighted by molar-refractivity contribution is 5.97. The van der Waals surface area contributed by atoms with E-state index < -0.39 is 17.1 Å². The minimum atomic E-state index is -0.491. The SMILES string of the molecule is CC(C)(C)C(=O)CNC(=O)c1cccc(F)c1. The van der Waals surface area contributed by atoms with Gasteiger partial charge in [-0.1, -0.05) is 26.8 Å². The summed E-state index contributed by atoms with van der Waals surface area (Å²) >= 11 is 0. The average molecular weight is 237 g/mol. The van der Waals surface area contributed by atoms with Gasteiger partial charge in [-0.25, -0.2) is 4.39 Å². The van der Waals surface area contributed by atoms with E-state index in [4.69, 9.17) is 0 Å². The molecule has 1 rings (SSSR count). The van der Waals surface area contributed by atoms with Crippen molar-refractivity contribution in [3.8, 4) is 0 Å². The molecule has 17 heavy (non-hydrogen) atoms. The highest BCUT2D eigenvalue weighted by Gasteiger charge is 2.21. The number of benzene rings is 1. The first-order valence-corrected chi connectivity index (χ1v) is 5.38. The Balaban J connectivity index is 2.60. The van der Waals surface area contributed by atoms with Crippen LogP contribution in [-0.4, -0.2) is 18.2 Å².